The van der Waals surface area contributed by atoms with Crippen molar-refractivity contribution in [2.75, 3.05) is 5.75 Å². The molecule has 0 aromatic rings. The van der Waals surface area contributed by atoms with Gasteiger partial charge in [-0.2, -0.15) is 0 Å². The minimum atomic E-state index is 0.310. The summed E-state index contributed by atoms with van der Waals surface area (Å²) in [4.78, 5) is 11.0. The number of hydrogen-bond acceptors (Lipinski definition) is 2. The van der Waals surface area contributed by atoms with Crippen molar-refractivity contribution in [3.05, 3.63) is 0 Å². The van der Waals surface area contributed by atoms with Crippen LogP contribution >= 0.6 is 11.8 Å². The van der Waals surface area contributed by atoms with Gasteiger partial charge in [0.25, 0.3) is 0 Å². The molecule has 1 aliphatic rings. The second-order valence-electron chi connectivity index (χ2n) is 2.75. The van der Waals surface area contributed by atoms with Crippen LogP contribution in [0.5, 0.6) is 0 Å². The number of carbonyl (C=O) groups excluding carboxylic acids is 1. The molecular formula is C7H12OS. The summed E-state index contributed by atoms with van der Waals surface area (Å²) in [7, 11) is 0. The number of thioether (sulfide) groups is 1. The van der Waals surface area contributed by atoms with Crippen molar-refractivity contribution in [2.45, 2.75) is 25.5 Å². The molecule has 0 bridgehead atoms. The van der Waals surface area contributed by atoms with Crippen molar-refractivity contribution in [1.82, 2.24) is 0 Å². The topological polar surface area (TPSA) is 17.1 Å². The maximum atomic E-state index is 11.0. The highest BCUT2D eigenvalue weighted by Gasteiger charge is 2.27. The molecule has 1 aliphatic heterocycles. The third-order valence-electron chi connectivity index (χ3n) is 1.57. The predicted molar refractivity (Wildman–Crippen MR) is 40.7 cm³/mol. The Morgan fingerprint density at radius 1 is 1.67 bits per heavy atom. The molecule has 52 valence electrons. The predicted octanol–water partition coefficient (Wildman–Crippen LogP) is 1.72. The van der Waals surface area contributed by atoms with E-state index in [9.17, 15) is 4.79 Å². The minimum absolute atomic E-state index is 0.310. The molecule has 0 radical (unpaired) electrons. The normalized spacial score (nSPS) is 27.9. The fourth-order valence-corrected chi connectivity index (χ4v) is 2.35. The van der Waals surface area contributed by atoms with E-state index in [1.54, 1.807) is 0 Å². The highest BCUT2D eigenvalue weighted by atomic mass is 32.2. The van der Waals surface area contributed by atoms with Gasteiger partial charge < -0.3 is 0 Å². The van der Waals surface area contributed by atoms with Gasteiger partial charge in [-0.15, -0.1) is 11.8 Å². The number of rotatable bonds is 1. The number of carbonyl (C=O) groups is 1. The zero-order valence-electron chi connectivity index (χ0n) is 5.89. The molecule has 1 saturated heterocycles. The molecule has 9 heavy (non-hydrogen) atoms. The van der Waals surface area contributed by atoms with Crippen molar-refractivity contribution >= 4 is 17.5 Å². The van der Waals surface area contributed by atoms with Gasteiger partial charge in [-0.25, -0.2) is 0 Å². The summed E-state index contributed by atoms with van der Waals surface area (Å²) in [5, 5.41) is 0.310. The van der Waals surface area contributed by atoms with Crippen molar-refractivity contribution < 1.29 is 4.79 Å². The Bertz CT molecular complexity index is 120. The summed E-state index contributed by atoms with van der Waals surface area (Å²) in [6.45, 7) is 4.22. The summed E-state index contributed by atoms with van der Waals surface area (Å²) >= 11 is 1.81. The molecular weight excluding hydrogens is 132 g/mol. The van der Waals surface area contributed by atoms with Gasteiger partial charge in [0, 0.05) is 12.2 Å². The Balaban J connectivity index is 2.49. The highest BCUT2D eigenvalue weighted by molar-refractivity contribution is 8.01. The lowest BCUT2D eigenvalue weighted by Gasteiger charge is -2.09. The first-order valence-corrected chi connectivity index (χ1v) is 4.41. The van der Waals surface area contributed by atoms with Crippen LogP contribution in [0, 0.1) is 5.92 Å². The van der Waals surface area contributed by atoms with Crippen LogP contribution < -0.4 is 0 Å². The maximum Gasteiger partial charge on any atom is 0.146 e. The second kappa shape index (κ2) is 2.74. The summed E-state index contributed by atoms with van der Waals surface area (Å²) in [5.41, 5.74) is 0. The molecule has 0 spiro atoms. The summed E-state index contributed by atoms with van der Waals surface area (Å²) < 4.78 is 0. The summed E-state index contributed by atoms with van der Waals surface area (Å²) in [6.07, 6.45) is 0.799. The van der Waals surface area contributed by atoms with Gasteiger partial charge in [0.2, 0.25) is 0 Å². The number of ketones is 1. The van der Waals surface area contributed by atoms with Gasteiger partial charge >= 0.3 is 0 Å². The largest absolute Gasteiger partial charge is 0.298 e. The van der Waals surface area contributed by atoms with Crippen LogP contribution in [0.1, 0.15) is 20.3 Å². The molecule has 0 aliphatic carbocycles. The van der Waals surface area contributed by atoms with Crippen molar-refractivity contribution in [3.8, 4) is 0 Å². The maximum absolute atomic E-state index is 11.0. The third-order valence-corrected chi connectivity index (χ3v) is 3.17. The van der Waals surface area contributed by atoms with E-state index < -0.39 is 0 Å². The van der Waals surface area contributed by atoms with E-state index in [4.69, 9.17) is 0 Å². The number of hydrogen-bond donors (Lipinski definition) is 0. The average Bonchev–Trinajstić information content (AvgIpc) is 2.13. The summed E-state index contributed by atoms with van der Waals surface area (Å²) in [5.74, 6) is 2.03. The van der Waals surface area contributed by atoms with Crippen LogP contribution in [-0.2, 0) is 4.79 Å². The van der Waals surface area contributed by atoms with Gasteiger partial charge in [-0.1, -0.05) is 13.8 Å². The van der Waals surface area contributed by atoms with Gasteiger partial charge in [-0.05, 0) is 5.92 Å². The van der Waals surface area contributed by atoms with E-state index in [0.29, 0.717) is 17.0 Å². The highest BCUT2D eigenvalue weighted by Crippen LogP contribution is 2.28. The van der Waals surface area contributed by atoms with Crippen LogP contribution in [0.25, 0.3) is 0 Å². The molecule has 0 N–H and O–H groups in total. The van der Waals surface area contributed by atoms with E-state index in [0.717, 1.165) is 12.2 Å². The van der Waals surface area contributed by atoms with Gasteiger partial charge in [0.1, 0.15) is 5.78 Å². The molecule has 0 aromatic carbocycles. The Labute approximate surface area is 60.2 Å². The Morgan fingerprint density at radius 3 is 2.56 bits per heavy atom. The van der Waals surface area contributed by atoms with Gasteiger partial charge in [0.15, 0.2) is 0 Å². The molecule has 0 saturated carbocycles. The van der Waals surface area contributed by atoms with Gasteiger partial charge in [0.05, 0.1) is 5.25 Å². The molecule has 1 heterocycles. The van der Waals surface area contributed by atoms with Crippen LogP contribution in [0.3, 0.4) is 0 Å². The SMILES string of the molecule is CC(C)C1SCCC1=O. The average molecular weight is 144 g/mol. The Hall–Kier alpha value is 0.0200. The van der Waals surface area contributed by atoms with E-state index >= 15 is 0 Å². The first kappa shape index (κ1) is 7.13. The first-order chi connectivity index (χ1) is 4.22. The quantitative estimate of drug-likeness (QED) is 0.557. The van der Waals surface area contributed by atoms with Crippen LogP contribution in [0.15, 0.2) is 0 Å². The molecule has 1 rings (SSSR count). The minimum Gasteiger partial charge on any atom is -0.298 e. The summed E-state index contributed by atoms with van der Waals surface area (Å²) in [6, 6.07) is 0. The molecule has 1 atom stereocenters. The van der Waals surface area contributed by atoms with E-state index in [1.807, 2.05) is 11.8 Å². The van der Waals surface area contributed by atoms with Crippen molar-refractivity contribution in [1.29, 1.82) is 0 Å². The lowest BCUT2D eigenvalue weighted by atomic mass is 10.1. The lowest BCUT2D eigenvalue weighted by Crippen LogP contribution is -2.16. The van der Waals surface area contributed by atoms with Crippen LogP contribution in [-0.4, -0.2) is 16.8 Å². The third kappa shape index (κ3) is 1.48. The van der Waals surface area contributed by atoms with E-state index in [-0.39, 0.29) is 0 Å². The van der Waals surface area contributed by atoms with Gasteiger partial charge in [-0.3, -0.25) is 4.79 Å². The molecule has 1 fully saturated rings. The standard InChI is InChI=1S/C7H12OS/c1-5(2)7-6(8)3-4-9-7/h5,7H,3-4H2,1-2H3. The fraction of sp³-hybridized carbons (Fsp3) is 0.857. The Morgan fingerprint density at radius 2 is 2.33 bits per heavy atom. The molecule has 0 aromatic heterocycles. The van der Waals surface area contributed by atoms with E-state index in [1.165, 1.54) is 0 Å². The van der Waals surface area contributed by atoms with Crippen molar-refractivity contribution in [2.24, 2.45) is 5.92 Å². The molecule has 0 amide bonds. The fourth-order valence-electron chi connectivity index (χ4n) is 1.09. The molecule has 1 nitrogen and oxygen atoms in total. The first-order valence-electron chi connectivity index (χ1n) is 3.36. The monoisotopic (exact) mass is 144 g/mol. The zero-order chi connectivity index (χ0) is 6.85. The smallest absolute Gasteiger partial charge is 0.146 e. The number of Topliss-reactive ketones (excluding diaryl/α,β-unsaturated/α-hetero) is 1. The molecule has 1 unspecified atom stereocenters. The zero-order valence-corrected chi connectivity index (χ0v) is 6.70. The van der Waals surface area contributed by atoms with Crippen LogP contribution in [0.4, 0.5) is 0 Å². The van der Waals surface area contributed by atoms with Crippen LogP contribution in [0.2, 0.25) is 0 Å². The lowest BCUT2D eigenvalue weighted by molar-refractivity contribution is -0.118. The van der Waals surface area contributed by atoms with Crippen molar-refractivity contribution in [3.63, 3.8) is 0 Å². The molecule has 2 heteroatoms. The second-order valence-corrected chi connectivity index (χ2v) is 4.00. The van der Waals surface area contributed by atoms with E-state index in [2.05, 4.69) is 13.8 Å². The Kier molecular flexibility index (Phi) is 2.17.